The molecule has 8 heteroatoms. The Morgan fingerprint density at radius 2 is 1.29 bits per heavy atom. The molecule has 0 unspecified atom stereocenters. The monoisotopic (exact) mass is 446 g/mol. The Bertz CT molecular complexity index is 857. The average Bonchev–Trinajstić information content (AvgIpc) is 2.74. The Kier molecular flexibility index (Phi) is 9.52. The van der Waals surface area contributed by atoms with Crippen molar-refractivity contribution >= 4 is 23.6 Å². The van der Waals surface area contributed by atoms with Crippen LogP contribution in [0.15, 0.2) is 41.3 Å². The van der Waals surface area contributed by atoms with Crippen molar-refractivity contribution < 1.29 is 23.8 Å². The normalized spacial score (nSPS) is 10.5. The molecular formula is C23H30N2O5S. The lowest BCUT2D eigenvalue weighted by atomic mass is 10.1. The van der Waals surface area contributed by atoms with Gasteiger partial charge in [-0.25, -0.2) is 0 Å². The molecule has 0 aliphatic rings. The molecule has 7 nitrogen and oxygen atoms in total. The molecule has 0 radical (unpaired) electrons. The molecular weight excluding hydrogens is 416 g/mol. The van der Waals surface area contributed by atoms with Crippen molar-refractivity contribution in [3.05, 3.63) is 47.5 Å². The van der Waals surface area contributed by atoms with E-state index in [2.05, 4.69) is 24.7 Å². The van der Waals surface area contributed by atoms with Gasteiger partial charge < -0.3 is 14.2 Å². The van der Waals surface area contributed by atoms with E-state index in [9.17, 15) is 9.59 Å². The van der Waals surface area contributed by atoms with Crippen LogP contribution in [0.5, 0.6) is 17.2 Å². The Morgan fingerprint density at radius 3 is 1.74 bits per heavy atom. The maximum atomic E-state index is 12.7. The van der Waals surface area contributed by atoms with Crippen LogP contribution >= 0.6 is 11.8 Å². The molecule has 0 aromatic heterocycles. The van der Waals surface area contributed by atoms with E-state index in [1.54, 1.807) is 36.0 Å². The summed E-state index contributed by atoms with van der Waals surface area (Å²) in [6.45, 7) is 11.0. The quantitative estimate of drug-likeness (QED) is 0.414. The first-order valence-corrected chi connectivity index (χ1v) is 11.2. The summed E-state index contributed by atoms with van der Waals surface area (Å²) in [6.07, 6.45) is 0. The van der Waals surface area contributed by atoms with Gasteiger partial charge in [-0.2, -0.15) is 0 Å². The average molecular weight is 447 g/mol. The van der Waals surface area contributed by atoms with Crippen molar-refractivity contribution in [1.82, 2.24) is 10.9 Å². The summed E-state index contributed by atoms with van der Waals surface area (Å²) in [5.41, 5.74) is 5.61. The maximum absolute atomic E-state index is 12.7. The number of hydrogen-bond acceptors (Lipinski definition) is 6. The zero-order valence-electron chi connectivity index (χ0n) is 18.6. The van der Waals surface area contributed by atoms with Crippen molar-refractivity contribution in [1.29, 1.82) is 0 Å². The molecule has 0 aliphatic heterocycles. The highest BCUT2D eigenvalue weighted by atomic mass is 32.2. The SMILES string of the molecule is CCOc1cc(C(=O)NNC(=O)c2ccc(SC(C)C)cc2)cc(OCC)c1OCC. The summed E-state index contributed by atoms with van der Waals surface area (Å²) >= 11 is 1.71. The maximum Gasteiger partial charge on any atom is 0.269 e. The number of hydrogen-bond donors (Lipinski definition) is 2. The van der Waals surface area contributed by atoms with Crippen molar-refractivity contribution in [2.24, 2.45) is 0 Å². The minimum atomic E-state index is -0.495. The molecule has 2 aromatic rings. The van der Waals surface area contributed by atoms with E-state index >= 15 is 0 Å². The minimum Gasteiger partial charge on any atom is -0.490 e. The number of rotatable bonds is 10. The fraction of sp³-hybridized carbons (Fsp3) is 0.391. The van der Waals surface area contributed by atoms with E-state index in [1.165, 1.54) is 0 Å². The molecule has 0 spiro atoms. The molecule has 0 aliphatic carbocycles. The number of benzene rings is 2. The van der Waals surface area contributed by atoms with E-state index in [1.807, 2.05) is 32.9 Å². The van der Waals surface area contributed by atoms with Gasteiger partial charge in [0.05, 0.1) is 19.8 Å². The van der Waals surface area contributed by atoms with Gasteiger partial charge in [-0.05, 0) is 57.2 Å². The van der Waals surface area contributed by atoms with Gasteiger partial charge in [0.15, 0.2) is 11.5 Å². The number of carbonyl (C=O) groups is 2. The highest BCUT2D eigenvalue weighted by Gasteiger charge is 2.19. The summed E-state index contributed by atoms with van der Waals surface area (Å²) in [5.74, 6) is 0.363. The molecule has 2 aromatic carbocycles. The van der Waals surface area contributed by atoms with Crippen LogP contribution in [-0.2, 0) is 0 Å². The second kappa shape index (κ2) is 12.1. The third-order valence-electron chi connectivity index (χ3n) is 3.95. The number of ether oxygens (including phenoxy) is 3. The highest BCUT2D eigenvalue weighted by molar-refractivity contribution is 7.99. The molecule has 0 fully saturated rings. The molecule has 168 valence electrons. The third-order valence-corrected chi connectivity index (χ3v) is 4.96. The van der Waals surface area contributed by atoms with Crippen LogP contribution in [0.1, 0.15) is 55.3 Å². The number of amides is 2. The van der Waals surface area contributed by atoms with Crippen LogP contribution < -0.4 is 25.1 Å². The fourth-order valence-corrected chi connectivity index (χ4v) is 3.57. The molecule has 2 rings (SSSR count). The minimum absolute atomic E-state index is 0.277. The van der Waals surface area contributed by atoms with Crippen LogP contribution in [0.4, 0.5) is 0 Å². The lowest BCUT2D eigenvalue weighted by Crippen LogP contribution is -2.41. The third kappa shape index (κ3) is 7.10. The molecule has 31 heavy (non-hydrogen) atoms. The summed E-state index contributed by atoms with van der Waals surface area (Å²) in [5, 5.41) is 0.455. The van der Waals surface area contributed by atoms with Crippen molar-refractivity contribution in [3.63, 3.8) is 0 Å². The van der Waals surface area contributed by atoms with E-state index in [0.29, 0.717) is 47.9 Å². The highest BCUT2D eigenvalue weighted by Crippen LogP contribution is 2.39. The van der Waals surface area contributed by atoms with E-state index in [0.717, 1.165) is 4.90 Å². The first kappa shape index (κ1) is 24.4. The summed E-state index contributed by atoms with van der Waals surface area (Å²) in [7, 11) is 0. The van der Waals surface area contributed by atoms with Crippen molar-refractivity contribution in [2.75, 3.05) is 19.8 Å². The Labute approximate surface area is 187 Å². The first-order chi connectivity index (χ1) is 14.9. The van der Waals surface area contributed by atoms with Gasteiger partial charge in [0.1, 0.15) is 0 Å². The number of hydrazine groups is 1. The van der Waals surface area contributed by atoms with Gasteiger partial charge in [0.25, 0.3) is 11.8 Å². The molecule has 2 N–H and O–H groups in total. The zero-order valence-corrected chi connectivity index (χ0v) is 19.4. The van der Waals surface area contributed by atoms with Crippen LogP contribution in [-0.4, -0.2) is 36.9 Å². The zero-order chi connectivity index (χ0) is 22.8. The number of nitrogens with one attached hydrogen (secondary N) is 2. The number of thioether (sulfide) groups is 1. The second-order valence-corrected chi connectivity index (χ2v) is 8.35. The lowest BCUT2D eigenvalue weighted by Gasteiger charge is -2.17. The summed E-state index contributed by atoms with van der Waals surface area (Å²) < 4.78 is 16.9. The van der Waals surface area contributed by atoms with E-state index in [4.69, 9.17) is 14.2 Å². The van der Waals surface area contributed by atoms with Crippen LogP contribution in [0.2, 0.25) is 0 Å². The fourth-order valence-electron chi connectivity index (χ4n) is 2.73. The molecule has 0 heterocycles. The van der Waals surface area contributed by atoms with Crippen molar-refractivity contribution in [2.45, 2.75) is 44.8 Å². The van der Waals surface area contributed by atoms with Crippen LogP contribution in [0, 0.1) is 0 Å². The predicted molar refractivity (Wildman–Crippen MR) is 122 cm³/mol. The molecule has 0 saturated carbocycles. The topological polar surface area (TPSA) is 85.9 Å². The summed E-state index contributed by atoms with van der Waals surface area (Å²) in [6, 6.07) is 10.4. The summed E-state index contributed by atoms with van der Waals surface area (Å²) in [4.78, 5) is 26.1. The molecule has 2 amide bonds. The van der Waals surface area contributed by atoms with Crippen LogP contribution in [0.3, 0.4) is 0 Å². The Balaban J connectivity index is 2.12. The van der Waals surface area contributed by atoms with E-state index in [-0.39, 0.29) is 5.56 Å². The lowest BCUT2D eigenvalue weighted by molar-refractivity contribution is 0.0846. The van der Waals surface area contributed by atoms with Gasteiger partial charge in [-0.1, -0.05) is 13.8 Å². The Morgan fingerprint density at radius 1 is 0.806 bits per heavy atom. The standard InChI is InChI=1S/C23H30N2O5S/c1-6-28-19-13-17(14-20(29-7-2)21(19)30-8-3)23(27)25-24-22(26)16-9-11-18(12-10-16)31-15(4)5/h9-15H,6-8H2,1-5H3,(H,24,26)(H,25,27). The van der Waals surface area contributed by atoms with Gasteiger partial charge in [0.2, 0.25) is 5.75 Å². The largest absolute Gasteiger partial charge is 0.490 e. The molecule has 0 saturated heterocycles. The van der Waals surface area contributed by atoms with Gasteiger partial charge in [-0.15, -0.1) is 11.8 Å². The molecule has 0 atom stereocenters. The van der Waals surface area contributed by atoms with Gasteiger partial charge in [0, 0.05) is 21.3 Å². The van der Waals surface area contributed by atoms with Gasteiger partial charge in [-0.3, -0.25) is 20.4 Å². The predicted octanol–water partition coefficient (Wildman–Crippen LogP) is 4.46. The molecule has 0 bridgehead atoms. The smallest absolute Gasteiger partial charge is 0.269 e. The first-order valence-electron chi connectivity index (χ1n) is 10.3. The van der Waals surface area contributed by atoms with Gasteiger partial charge >= 0.3 is 0 Å². The number of carbonyl (C=O) groups excluding carboxylic acids is 2. The van der Waals surface area contributed by atoms with E-state index < -0.39 is 11.8 Å². The van der Waals surface area contributed by atoms with Crippen LogP contribution in [0.25, 0.3) is 0 Å². The van der Waals surface area contributed by atoms with Crippen molar-refractivity contribution in [3.8, 4) is 17.2 Å². The Hall–Kier alpha value is -2.87. The second-order valence-electron chi connectivity index (χ2n) is 6.70.